The van der Waals surface area contributed by atoms with Crippen LogP contribution in [-0.4, -0.2) is 51.5 Å². The quantitative estimate of drug-likeness (QED) is 0.606. The molecule has 7 heteroatoms. The summed E-state index contributed by atoms with van der Waals surface area (Å²) in [7, 11) is 3.84. The van der Waals surface area contributed by atoms with E-state index in [1.165, 1.54) is 11.3 Å². The summed E-state index contributed by atoms with van der Waals surface area (Å²) in [5.74, 6) is 1.03. The van der Waals surface area contributed by atoms with Crippen molar-refractivity contribution in [3.8, 4) is 0 Å². The Morgan fingerprint density at radius 2 is 2.00 bits per heavy atom. The number of carbonyl (C=O) groups excluding carboxylic acids is 2. The molecule has 0 spiro atoms. The lowest BCUT2D eigenvalue weighted by Crippen LogP contribution is -2.41. The molecule has 0 bridgehead atoms. The average molecular weight is 437 g/mol. The van der Waals surface area contributed by atoms with E-state index < -0.39 is 0 Å². The molecule has 7 nitrogen and oxygen atoms in total. The van der Waals surface area contributed by atoms with E-state index in [0.29, 0.717) is 19.5 Å². The Morgan fingerprint density at radius 1 is 1.22 bits per heavy atom. The number of aryl methyl sites for hydroxylation is 3. The maximum atomic E-state index is 13.3. The van der Waals surface area contributed by atoms with Crippen LogP contribution in [0.2, 0.25) is 0 Å². The van der Waals surface area contributed by atoms with Crippen molar-refractivity contribution in [2.24, 2.45) is 13.0 Å². The van der Waals surface area contributed by atoms with Crippen LogP contribution in [0.1, 0.15) is 52.3 Å². The molecule has 0 N–H and O–H groups in total. The van der Waals surface area contributed by atoms with Crippen LogP contribution in [0.5, 0.6) is 0 Å². The van der Waals surface area contributed by atoms with Crippen molar-refractivity contribution >= 4 is 22.7 Å². The summed E-state index contributed by atoms with van der Waals surface area (Å²) in [4.78, 5) is 29.6. The highest BCUT2D eigenvalue weighted by Crippen LogP contribution is 2.27. The number of likely N-dealkylation sites (tertiary alicyclic amines) is 1. The number of aromatic nitrogens is 2. The summed E-state index contributed by atoms with van der Waals surface area (Å²) in [6.45, 7) is 7.83. The zero-order chi connectivity index (χ0) is 23.0. The predicted molar refractivity (Wildman–Crippen MR) is 123 cm³/mol. The molecule has 1 aliphatic rings. The summed E-state index contributed by atoms with van der Waals surface area (Å²) in [5.41, 5.74) is 5.04. The largest absolute Gasteiger partial charge is 0.361 e. The Labute approximate surface area is 189 Å². The smallest absolute Gasteiger partial charge is 0.253 e. The van der Waals surface area contributed by atoms with Crippen LogP contribution < -0.4 is 0 Å². The Bertz CT molecular complexity index is 1160. The molecule has 0 aliphatic carbocycles. The Balaban J connectivity index is 1.41. The molecule has 2 amide bonds. The minimum Gasteiger partial charge on any atom is -0.361 e. The van der Waals surface area contributed by atoms with Gasteiger partial charge in [0.1, 0.15) is 11.5 Å². The molecule has 3 heterocycles. The van der Waals surface area contributed by atoms with E-state index in [-0.39, 0.29) is 17.7 Å². The molecule has 1 aromatic carbocycles. The standard InChI is InChI=1S/C25H32N4O3/c1-16-11-21(26-32-16)15-27(4)24(30)12-19-7-6-10-29(14-19)25(31)20-8-9-23-22(13-20)17(2)18(3)28(23)5/h8-9,11,13,19H,6-7,10,12,14-15H2,1-5H3. The normalized spacial score (nSPS) is 16.5. The highest BCUT2D eigenvalue weighted by Gasteiger charge is 2.27. The second-order valence-corrected chi connectivity index (χ2v) is 9.14. The number of carbonyl (C=O) groups is 2. The van der Waals surface area contributed by atoms with E-state index in [1.807, 2.05) is 36.1 Å². The maximum absolute atomic E-state index is 13.3. The van der Waals surface area contributed by atoms with E-state index in [4.69, 9.17) is 4.52 Å². The van der Waals surface area contributed by atoms with E-state index in [2.05, 4.69) is 30.6 Å². The molecular weight excluding hydrogens is 404 g/mol. The van der Waals surface area contributed by atoms with Crippen LogP contribution in [-0.2, 0) is 18.4 Å². The summed E-state index contributed by atoms with van der Waals surface area (Å²) >= 11 is 0. The molecular formula is C25H32N4O3. The first-order chi connectivity index (χ1) is 15.2. The zero-order valence-corrected chi connectivity index (χ0v) is 19.6. The fourth-order valence-electron chi connectivity index (χ4n) is 4.71. The summed E-state index contributed by atoms with van der Waals surface area (Å²) in [6, 6.07) is 7.82. The van der Waals surface area contributed by atoms with Crippen LogP contribution in [0.3, 0.4) is 0 Å². The van der Waals surface area contributed by atoms with E-state index in [9.17, 15) is 9.59 Å². The predicted octanol–water partition coefficient (Wildman–Crippen LogP) is 3.99. The van der Waals surface area contributed by atoms with Gasteiger partial charge in [-0.25, -0.2) is 0 Å². The molecule has 0 saturated carbocycles. The molecule has 0 radical (unpaired) electrons. The fourth-order valence-corrected chi connectivity index (χ4v) is 4.71. The molecule has 3 aromatic rings. The van der Waals surface area contributed by atoms with Crippen molar-refractivity contribution in [2.75, 3.05) is 20.1 Å². The first-order valence-corrected chi connectivity index (χ1v) is 11.3. The Kier molecular flexibility index (Phi) is 6.09. The molecule has 1 atom stereocenters. The molecule has 32 heavy (non-hydrogen) atoms. The van der Waals surface area contributed by atoms with Gasteiger partial charge in [0, 0.05) is 61.8 Å². The molecule has 1 aliphatic heterocycles. The minimum absolute atomic E-state index is 0.0522. The summed E-state index contributed by atoms with van der Waals surface area (Å²) in [6.07, 6.45) is 2.32. The van der Waals surface area contributed by atoms with Crippen LogP contribution >= 0.6 is 0 Å². The van der Waals surface area contributed by atoms with Gasteiger partial charge in [-0.3, -0.25) is 9.59 Å². The number of fused-ring (bicyclic) bond motifs is 1. The molecule has 2 aromatic heterocycles. The topological polar surface area (TPSA) is 71.6 Å². The highest BCUT2D eigenvalue weighted by molar-refractivity contribution is 5.99. The van der Waals surface area contributed by atoms with Crippen molar-refractivity contribution in [3.63, 3.8) is 0 Å². The molecule has 4 rings (SSSR count). The lowest BCUT2D eigenvalue weighted by atomic mass is 9.93. The van der Waals surface area contributed by atoms with E-state index >= 15 is 0 Å². The van der Waals surface area contributed by atoms with Crippen molar-refractivity contribution in [1.29, 1.82) is 0 Å². The number of hydrogen-bond donors (Lipinski definition) is 0. The number of amides is 2. The van der Waals surface area contributed by atoms with Gasteiger partial charge in [0.25, 0.3) is 5.91 Å². The monoisotopic (exact) mass is 436 g/mol. The third kappa shape index (κ3) is 4.29. The number of benzene rings is 1. The third-order valence-electron chi connectivity index (χ3n) is 6.83. The molecule has 1 fully saturated rings. The van der Waals surface area contributed by atoms with Crippen molar-refractivity contribution in [2.45, 2.75) is 46.6 Å². The van der Waals surface area contributed by atoms with Gasteiger partial charge in [0.2, 0.25) is 5.91 Å². The fraction of sp³-hybridized carbons (Fsp3) is 0.480. The number of nitrogens with zero attached hydrogens (tertiary/aromatic N) is 4. The minimum atomic E-state index is 0.0522. The van der Waals surface area contributed by atoms with Gasteiger partial charge in [0.15, 0.2) is 0 Å². The van der Waals surface area contributed by atoms with Gasteiger partial charge < -0.3 is 18.9 Å². The third-order valence-corrected chi connectivity index (χ3v) is 6.83. The van der Waals surface area contributed by atoms with E-state index in [1.54, 1.807) is 11.9 Å². The number of hydrogen-bond acceptors (Lipinski definition) is 4. The van der Waals surface area contributed by atoms with Gasteiger partial charge in [-0.05, 0) is 63.3 Å². The first-order valence-electron chi connectivity index (χ1n) is 11.3. The van der Waals surface area contributed by atoms with Crippen molar-refractivity contribution in [3.05, 3.63) is 52.5 Å². The molecule has 1 unspecified atom stereocenters. The lowest BCUT2D eigenvalue weighted by molar-refractivity contribution is -0.131. The number of rotatable bonds is 5. The lowest BCUT2D eigenvalue weighted by Gasteiger charge is -2.33. The van der Waals surface area contributed by atoms with Crippen molar-refractivity contribution < 1.29 is 14.1 Å². The second kappa shape index (κ2) is 8.81. The average Bonchev–Trinajstić information content (AvgIpc) is 3.29. The molecule has 170 valence electrons. The Hall–Kier alpha value is -3.09. The highest BCUT2D eigenvalue weighted by atomic mass is 16.5. The first kappa shape index (κ1) is 22.1. The maximum Gasteiger partial charge on any atom is 0.253 e. The van der Waals surface area contributed by atoms with Crippen LogP contribution in [0.25, 0.3) is 10.9 Å². The second-order valence-electron chi connectivity index (χ2n) is 9.14. The van der Waals surface area contributed by atoms with Crippen LogP contribution in [0.15, 0.2) is 28.8 Å². The van der Waals surface area contributed by atoms with Gasteiger partial charge in [-0.15, -0.1) is 0 Å². The molecule has 1 saturated heterocycles. The number of piperidine rings is 1. The Morgan fingerprint density at radius 3 is 2.72 bits per heavy atom. The SMILES string of the molecule is Cc1cc(CN(C)C(=O)CC2CCCN(C(=O)c3ccc4c(c3)c(C)c(C)n4C)C2)no1. The van der Waals surface area contributed by atoms with Gasteiger partial charge in [-0.2, -0.15) is 0 Å². The summed E-state index contributed by atoms with van der Waals surface area (Å²) < 4.78 is 7.25. The van der Waals surface area contributed by atoms with Gasteiger partial charge >= 0.3 is 0 Å². The zero-order valence-electron chi connectivity index (χ0n) is 19.6. The van der Waals surface area contributed by atoms with Gasteiger partial charge in [0.05, 0.1) is 6.54 Å². The van der Waals surface area contributed by atoms with Crippen LogP contribution in [0.4, 0.5) is 0 Å². The van der Waals surface area contributed by atoms with Crippen molar-refractivity contribution in [1.82, 2.24) is 19.5 Å². The van der Waals surface area contributed by atoms with E-state index in [0.717, 1.165) is 47.3 Å². The van der Waals surface area contributed by atoms with Gasteiger partial charge in [-0.1, -0.05) is 5.16 Å². The summed E-state index contributed by atoms with van der Waals surface area (Å²) in [5, 5.41) is 5.09. The van der Waals surface area contributed by atoms with Crippen LogP contribution in [0, 0.1) is 26.7 Å².